The summed E-state index contributed by atoms with van der Waals surface area (Å²) in [6.07, 6.45) is 2.98. The highest BCUT2D eigenvalue weighted by molar-refractivity contribution is 14.0. The number of hydrogen-bond donors (Lipinski definition) is 2. The van der Waals surface area contributed by atoms with E-state index in [-0.39, 0.29) is 24.0 Å². The van der Waals surface area contributed by atoms with E-state index in [4.69, 9.17) is 4.74 Å². The molecule has 2 rings (SSSR count). The summed E-state index contributed by atoms with van der Waals surface area (Å²) in [5.41, 5.74) is 2.30. The number of rotatable bonds is 7. The molecule has 138 valence electrons. The maximum atomic E-state index is 5.32. The molecule has 0 fully saturated rings. The minimum Gasteiger partial charge on any atom is -0.497 e. The Morgan fingerprint density at radius 3 is 2.68 bits per heavy atom. The van der Waals surface area contributed by atoms with Crippen molar-refractivity contribution in [1.82, 2.24) is 15.6 Å². The molecule has 2 N–H and O–H groups in total. The maximum absolute atomic E-state index is 5.32. The first-order valence-corrected chi connectivity index (χ1v) is 9.06. The summed E-state index contributed by atoms with van der Waals surface area (Å²) >= 11 is 1.74. The van der Waals surface area contributed by atoms with Gasteiger partial charge >= 0.3 is 0 Å². The number of aliphatic imine (C=N–C) groups is 1. The molecule has 25 heavy (non-hydrogen) atoms. The second-order valence-electron chi connectivity index (χ2n) is 5.48. The third-order valence-electron chi connectivity index (χ3n) is 3.47. The second-order valence-corrected chi connectivity index (χ2v) is 6.68. The van der Waals surface area contributed by atoms with E-state index in [2.05, 4.69) is 47.4 Å². The fourth-order valence-corrected chi connectivity index (χ4v) is 3.10. The Morgan fingerprint density at radius 1 is 1.24 bits per heavy atom. The Hall–Kier alpha value is -1.35. The number of hydrogen-bond acceptors (Lipinski definition) is 4. The molecule has 0 aliphatic heterocycles. The number of nitrogens with zero attached hydrogens (tertiary/aromatic N) is 2. The van der Waals surface area contributed by atoms with Crippen LogP contribution < -0.4 is 15.4 Å². The molecule has 7 heteroatoms. The van der Waals surface area contributed by atoms with Crippen LogP contribution in [-0.4, -0.2) is 24.6 Å². The standard InChI is InChI=1S/C18H26N4OS.HI/c1-5-16-11-20-17(24-16)12-22-18(19-6-2)21-10-14-7-13(3)8-15(9-14)23-4;/h7-9,11H,5-6,10,12H2,1-4H3,(H2,19,21,22);1H. The Kier molecular flexibility index (Phi) is 9.81. The third-order valence-corrected chi connectivity index (χ3v) is 4.61. The van der Waals surface area contributed by atoms with Crippen LogP contribution in [0.4, 0.5) is 0 Å². The van der Waals surface area contributed by atoms with Crippen molar-refractivity contribution in [3.63, 3.8) is 0 Å². The molecule has 5 nitrogen and oxygen atoms in total. The third kappa shape index (κ3) is 7.19. The van der Waals surface area contributed by atoms with Crippen LogP contribution in [-0.2, 0) is 19.5 Å². The minimum absolute atomic E-state index is 0. The van der Waals surface area contributed by atoms with E-state index in [9.17, 15) is 0 Å². The van der Waals surface area contributed by atoms with Gasteiger partial charge in [0.1, 0.15) is 10.8 Å². The lowest BCUT2D eigenvalue weighted by atomic mass is 10.1. The lowest BCUT2D eigenvalue weighted by molar-refractivity contribution is 0.414. The van der Waals surface area contributed by atoms with E-state index in [1.807, 2.05) is 18.3 Å². The molecule has 1 heterocycles. The van der Waals surface area contributed by atoms with Crippen LogP contribution in [0.25, 0.3) is 0 Å². The number of methoxy groups -OCH3 is 1. The number of aryl methyl sites for hydroxylation is 2. The fourth-order valence-electron chi connectivity index (χ4n) is 2.30. The van der Waals surface area contributed by atoms with Gasteiger partial charge < -0.3 is 15.4 Å². The van der Waals surface area contributed by atoms with Crippen molar-refractivity contribution in [3.8, 4) is 5.75 Å². The zero-order valence-corrected chi connectivity index (χ0v) is 18.4. The molecule has 0 saturated carbocycles. The van der Waals surface area contributed by atoms with Crippen molar-refractivity contribution in [1.29, 1.82) is 0 Å². The highest BCUT2D eigenvalue weighted by atomic mass is 127. The van der Waals surface area contributed by atoms with E-state index < -0.39 is 0 Å². The van der Waals surface area contributed by atoms with Crippen molar-refractivity contribution in [3.05, 3.63) is 45.4 Å². The predicted octanol–water partition coefficient (Wildman–Crippen LogP) is 3.90. The SMILES string of the molecule is CCNC(=NCc1cc(C)cc(OC)c1)NCc1ncc(CC)s1.I. The molecule has 0 aliphatic rings. The summed E-state index contributed by atoms with van der Waals surface area (Å²) in [6.45, 7) is 8.38. The van der Waals surface area contributed by atoms with Crippen LogP contribution in [0.3, 0.4) is 0 Å². The zero-order valence-electron chi connectivity index (χ0n) is 15.3. The highest BCUT2D eigenvalue weighted by Gasteiger charge is 2.03. The second kappa shape index (κ2) is 11.3. The van der Waals surface area contributed by atoms with Crippen molar-refractivity contribution in [2.24, 2.45) is 4.99 Å². The first kappa shape index (κ1) is 21.7. The van der Waals surface area contributed by atoms with Gasteiger partial charge in [-0.05, 0) is 43.5 Å². The summed E-state index contributed by atoms with van der Waals surface area (Å²) in [6, 6.07) is 6.17. The quantitative estimate of drug-likeness (QED) is 0.363. The van der Waals surface area contributed by atoms with Crippen LogP contribution in [0.5, 0.6) is 5.75 Å². The average molecular weight is 474 g/mol. The van der Waals surface area contributed by atoms with E-state index in [0.717, 1.165) is 35.2 Å². The first-order chi connectivity index (χ1) is 11.6. The molecule has 1 aromatic carbocycles. The fraction of sp³-hybridized carbons (Fsp3) is 0.444. The van der Waals surface area contributed by atoms with Gasteiger partial charge in [-0.15, -0.1) is 35.3 Å². The van der Waals surface area contributed by atoms with Gasteiger partial charge in [0.05, 0.1) is 20.2 Å². The smallest absolute Gasteiger partial charge is 0.191 e. The first-order valence-electron chi connectivity index (χ1n) is 8.24. The van der Waals surface area contributed by atoms with Gasteiger partial charge in [0.2, 0.25) is 0 Å². The van der Waals surface area contributed by atoms with Crippen molar-refractivity contribution < 1.29 is 4.74 Å². The number of guanidine groups is 1. The van der Waals surface area contributed by atoms with Gasteiger partial charge in [-0.2, -0.15) is 0 Å². The van der Waals surface area contributed by atoms with Crippen LogP contribution >= 0.6 is 35.3 Å². The Bertz CT molecular complexity index is 687. The summed E-state index contributed by atoms with van der Waals surface area (Å²) in [7, 11) is 1.69. The van der Waals surface area contributed by atoms with Gasteiger partial charge in [0, 0.05) is 17.6 Å². The van der Waals surface area contributed by atoms with E-state index in [0.29, 0.717) is 13.1 Å². The van der Waals surface area contributed by atoms with Gasteiger partial charge in [0.15, 0.2) is 5.96 Å². The molecule has 0 atom stereocenters. The highest BCUT2D eigenvalue weighted by Crippen LogP contribution is 2.17. The van der Waals surface area contributed by atoms with Gasteiger partial charge in [-0.3, -0.25) is 0 Å². The molecule has 1 aromatic heterocycles. The largest absolute Gasteiger partial charge is 0.497 e. The summed E-state index contributed by atoms with van der Waals surface area (Å²) < 4.78 is 5.32. The van der Waals surface area contributed by atoms with Gasteiger partial charge in [0.25, 0.3) is 0 Å². The number of thiazole rings is 1. The molecule has 0 spiro atoms. The van der Waals surface area contributed by atoms with Gasteiger partial charge in [-0.25, -0.2) is 9.98 Å². The molecular weight excluding hydrogens is 447 g/mol. The van der Waals surface area contributed by atoms with Crippen LogP contribution in [0, 0.1) is 6.92 Å². The molecule has 0 bridgehead atoms. The average Bonchev–Trinajstić information content (AvgIpc) is 3.05. The lowest BCUT2D eigenvalue weighted by Gasteiger charge is -2.11. The van der Waals surface area contributed by atoms with E-state index in [1.165, 1.54) is 10.4 Å². The molecule has 0 saturated heterocycles. The normalized spacial score (nSPS) is 11.0. The zero-order chi connectivity index (χ0) is 17.4. The Balaban J connectivity index is 0.00000312. The Labute approximate surface area is 171 Å². The monoisotopic (exact) mass is 474 g/mol. The number of benzene rings is 1. The Morgan fingerprint density at radius 2 is 2.04 bits per heavy atom. The lowest BCUT2D eigenvalue weighted by Crippen LogP contribution is -2.36. The number of ether oxygens (including phenoxy) is 1. The topological polar surface area (TPSA) is 58.5 Å². The molecule has 0 aliphatic carbocycles. The molecule has 0 unspecified atom stereocenters. The molecular formula is C18H27IN4OS. The summed E-state index contributed by atoms with van der Waals surface area (Å²) in [4.78, 5) is 10.4. The number of nitrogens with one attached hydrogen (secondary N) is 2. The maximum Gasteiger partial charge on any atom is 0.191 e. The van der Waals surface area contributed by atoms with E-state index >= 15 is 0 Å². The van der Waals surface area contributed by atoms with Crippen LogP contribution in [0.2, 0.25) is 0 Å². The predicted molar refractivity (Wildman–Crippen MR) is 116 cm³/mol. The van der Waals surface area contributed by atoms with Crippen molar-refractivity contribution in [2.75, 3.05) is 13.7 Å². The van der Waals surface area contributed by atoms with Crippen LogP contribution in [0.15, 0.2) is 29.4 Å². The van der Waals surface area contributed by atoms with Crippen molar-refractivity contribution in [2.45, 2.75) is 40.3 Å². The number of aromatic nitrogens is 1. The molecule has 0 radical (unpaired) electrons. The van der Waals surface area contributed by atoms with Gasteiger partial charge in [-0.1, -0.05) is 13.0 Å². The molecule has 2 aromatic rings. The van der Waals surface area contributed by atoms with E-state index in [1.54, 1.807) is 18.4 Å². The summed E-state index contributed by atoms with van der Waals surface area (Å²) in [5.74, 6) is 1.67. The number of halogens is 1. The summed E-state index contributed by atoms with van der Waals surface area (Å²) in [5, 5.41) is 7.69. The minimum atomic E-state index is 0. The van der Waals surface area contributed by atoms with Crippen LogP contribution in [0.1, 0.15) is 34.9 Å². The van der Waals surface area contributed by atoms with Crippen molar-refractivity contribution >= 4 is 41.3 Å². The molecule has 0 amide bonds.